The highest BCUT2D eigenvalue weighted by Gasteiger charge is 2.14. The van der Waals surface area contributed by atoms with Crippen LogP contribution in [0.15, 0.2) is 42.5 Å². The highest BCUT2D eigenvalue weighted by atomic mass is 19.1. The molecule has 1 aromatic carbocycles. The van der Waals surface area contributed by atoms with Crippen LogP contribution in [0, 0.1) is 13.8 Å². The summed E-state index contributed by atoms with van der Waals surface area (Å²) >= 11 is 0. The van der Waals surface area contributed by atoms with Crippen LogP contribution >= 0.6 is 0 Å². The maximum Gasteiger partial charge on any atom is 0.119 e. The standard InChI is InChI=1S/C18H21FN2O2/c1-12-7-17-18(8-13(12)2)21(11-20-17)9-15(22)10-23-16-5-3-14(19)4-6-16/h3-5,7-8,11,15-16,22H,6,9-10H2,1-2H3. The molecule has 0 aliphatic heterocycles. The molecular weight excluding hydrogens is 295 g/mol. The fraction of sp³-hybridized carbons (Fsp3) is 0.389. The summed E-state index contributed by atoms with van der Waals surface area (Å²) < 4.78 is 20.4. The Bertz CT molecular complexity index is 764. The van der Waals surface area contributed by atoms with Crippen LogP contribution in [0.3, 0.4) is 0 Å². The highest BCUT2D eigenvalue weighted by molar-refractivity contribution is 5.77. The number of fused-ring (bicyclic) bond motifs is 1. The van der Waals surface area contributed by atoms with E-state index in [0.717, 1.165) is 11.0 Å². The van der Waals surface area contributed by atoms with Gasteiger partial charge >= 0.3 is 0 Å². The van der Waals surface area contributed by atoms with E-state index in [1.54, 1.807) is 12.4 Å². The molecule has 1 aromatic heterocycles. The normalized spacial score (nSPS) is 19.1. The number of rotatable bonds is 5. The third-order valence-corrected chi connectivity index (χ3v) is 4.16. The monoisotopic (exact) mass is 316 g/mol. The topological polar surface area (TPSA) is 47.3 Å². The molecule has 5 heteroatoms. The van der Waals surface area contributed by atoms with Gasteiger partial charge in [-0.15, -0.1) is 0 Å². The smallest absolute Gasteiger partial charge is 0.119 e. The predicted octanol–water partition coefficient (Wildman–Crippen LogP) is 3.21. The Morgan fingerprint density at radius 2 is 2.17 bits per heavy atom. The van der Waals surface area contributed by atoms with Gasteiger partial charge in [-0.1, -0.05) is 6.08 Å². The number of aryl methyl sites for hydroxylation is 2. The minimum absolute atomic E-state index is 0.173. The Morgan fingerprint density at radius 3 is 2.91 bits per heavy atom. The largest absolute Gasteiger partial charge is 0.389 e. The minimum atomic E-state index is -0.641. The van der Waals surface area contributed by atoms with E-state index >= 15 is 0 Å². The maximum absolute atomic E-state index is 12.9. The van der Waals surface area contributed by atoms with Gasteiger partial charge < -0.3 is 14.4 Å². The summed E-state index contributed by atoms with van der Waals surface area (Å²) in [5.41, 5.74) is 4.34. The number of benzene rings is 1. The van der Waals surface area contributed by atoms with Crippen LogP contribution in [0.5, 0.6) is 0 Å². The second kappa shape index (κ2) is 6.64. The van der Waals surface area contributed by atoms with Crippen LogP contribution in [0.2, 0.25) is 0 Å². The summed E-state index contributed by atoms with van der Waals surface area (Å²) in [4.78, 5) is 4.38. The van der Waals surface area contributed by atoms with Gasteiger partial charge in [-0.05, 0) is 55.7 Å². The van der Waals surface area contributed by atoms with Crippen molar-refractivity contribution in [2.24, 2.45) is 0 Å². The van der Waals surface area contributed by atoms with Crippen molar-refractivity contribution in [3.63, 3.8) is 0 Å². The number of aliphatic hydroxyl groups excluding tert-OH is 1. The summed E-state index contributed by atoms with van der Waals surface area (Å²) in [6, 6.07) is 4.14. The second-order valence-electron chi connectivity index (χ2n) is 6.03. The molecule has 0 saturated heterocycles. The van der Waals surface area contributed by atoms with Gasteiger partial charge in [0.1, 0.15) is 5.83 Å². The molecule has 0 amide bonds. The molecule has 4 nitrogen and oxygen atoms in total. The minimum Gasteiger partial charge on any atom is -0.389 e. The van der Waals surface area contributed by atoms with Crippen molar-refractivity contribution < 1.29 is 14.2 Å². The number of allylic oxidation sites excluding steroid dienone is 2. The van der Waals surface area contributed by atoms with Crippen molar-refractivity contribution in [3.05, 3.63) is 53.6 Å². The van der Waals surface area contributed by atoms with Crippen molar-refractivity contribution in [2.45, 2.75) is 39.0 Å². The molecule has 0 saturated carbocycles. The van der Waals surface area contributed by atoms with Gasteiger partial charge in [0.2, 0.25) is 0 Å². The summed E-state index contributed by atoms with van der Waals surface area (Å²) in [6.45, 7) is 4.74. The molecule has 0 bridgehead atoms. The van der Waals surface area contributed by atoms with E-state index in [1.807, 2.05) is 4.57 Å². The Kier molecular flexibility index (Phi) is 4.59. The fourth-order valence-corrected chi connectivity index (χ4v) is 2.67. The Labute approximate surface area is 134 Å². The zero-order chi connectivity index (χ0) is 16.4. The van der Waals surface area contributed by atoms with E-state index in [-0.39, 0.29) is 18.5 Å². The Balaban J connectivity index is 1.61. The van der Waals surface area contributed by atoms with Gasteiger partial charge in [-0.25, -0.2) is 9.37 Å². The third-order valence-electron chi connectivity index (χ3n) is 4.16. The number of imidazole rings is 1. The Morgan fingerprint density at radius 1 is 1.39 bits per heavy atom. The number of hydrogen-bond acceptors (Lipinski definition) is 3. The van der Waals surface area contributed by atoms with Gasteiger partial charge in [-0.2, -0.15) is 0 Å². The molecule has 0 spiro atoms. The summed E-state index contributed by atoms with van der Waals surface area (Å²) in [5, 5.41) is 10.2. The molecule has 2 unspecified atom stereocenters. The van der Waals surface area contributed by atoms with E-state index in [2.05, 4.69) is 31.0 Å². The van der Waals surface area contributed by atoms with E-state index < -0.39 is 6.10 Å². The third kappa shape index (κ3) is 3.68. The van der Waals surface area contributed by atoms with Gasteiger partial charge in [0, 0.05) is 0 Å². The van der Waals surface area contributed by atoms with E-state index in [9.17, 15) is 9.50 Å². The molecule has 23 heavy (non-hydrogen) atoms. The van der Waals surface area contributed by atoms with Gasteiger partial charge in [0.15, 0.2) is 0 Å². The van der Waals surface area contributed by atoms with Gasteiger partial charge in [0.25, 0.3) is 0 Å². The van der Waals surface area contributed by atoms with Crippen molar-refractivity contribution in [1.82, 2.24) is 9.55 Å². The molecule has 2 aromatic rings. The number of aliphatic hydroxyl groups is 1. The van der Waals surface area contributed by atoms with E-state index in [4.69, 9.17) is 4.74 Å². The average molecular weight is 316 g/mol. The lowest BCUT2D eigenvalue weighted by molar-refractivity contribution is 0.00386. The van der Waals surface area contributed by atoms with Crippen LogP contribution in [0.25, 0.3) is 11.0 Å². The van der Waals surface area contributed by atoms with Crippen LogP contribution in [0.4, 0.5) is 4.39 Å². The van der Waals surface area contributed by atoms with Crippen LogP contribution in [0.1, 0.15) is 17.5 Å². The highest BCUT2D eigenvalue weighted by Crippen LogP contribution is 2.19. The molecule has 1 N–H and O–H groups in total. The molecule has 122 valence electrons. The summed E-state index contributed by atoms with van der Waals surface area (Å²) in [5.74, 6) is -0.235. The molecule has 0 fully saturated rings. The van der Waals surface area contributed by atoms with Crippen LogP contribution in [-0.2, 0) is 11.3 Å². The SMILES string of the molecule is Cc1cc2ncn(CC(O)COC3C=CC(F)=CC3)c2cc1C. The van der Waals surface area contributed by atoms with Gasteiger partial charge in [-0.3, -0.25) is 0 Å². The first-order valence-corrected chi connectivity index (χ1v) is 7.78. The van der Waals surface area contributed by atoms with Crippen molar-refractivity contribution >= 4 is 11.0 Å². The van der Waals surface area contributed by atoms with E-state index in [0.29, 0.717) is 13.0 Å². The van der Waals surface area contributed by atoms with Crippen molar-refractivity contribution in [3.8, 4) is 0 Å². The molecule has 1 aliphatic rings. The van der Waals surface area contributed by atoms with Crippen LogP contribution in [-0.4, -0.2) is 33.5 Å². The lowest BCUT2D eigenvalue weighted by Gasteiger charge is -2.18. The molecular formula is C18H21FN2O2. The lowest BCUT2D eigenvalue weighted by atomic mass is 10.1. The molecule has 1 aliphatic carbocycles. The first kappa shape index (κ1) is 15.9. The first-order valence-electron chi connectivity index (χ1n) is 7.78. The van der Waals surface area contributed by atoms with Crippen LogP contribution < -0.4 is 0 Å². The molecule has 1 heterocycles. The quantitative estimate of drug-likeness (QED) is 0.921. The number of hydrogen-bond donors (Lipinski definition) is 1. The first-order chi connectivity index (χ1) is 11.0. The van der Waals surface area contributed by atoms with Crippen molar-refractivity contribution in [2.75, 3.05) is 6.61 Å². The fourth-order valence-electron chi connectivity index (χ4n) is 2.67. The number of aromatic nitrogens is 2. The van der Waals surface area contributed by atoms with Crippen molar-refractivity contribution in [1.29, 1.82) is 0 Å². The lowest BCUT2D eigenvalue weighted by Crippen LogP contribution is -2.25. The predicted molar refractivity (Wildman–Crippen MR) is 87.9 cm³/mol. The molecule has 0 radical (unpaired) electrons. The second-order valence-corrected chi connectivity index (χ2v) is 6.03. The van der Waals surface area contributed by atoms with Gasteiger partial charge in [0.05, 0.1) is 42.7 Å². The number of halogens is 1. The van der Waals surface area contributed by atoms with E-state index in [1.165, 1.54) is 23.3 Å². The number of nitrogens with zero attached hydrogens (tertiary/aromatic N) is 2. The maximum atomic E-state index is 12.9. The summed E-state index contributed by atoms with van der Waals surface area (Å²) in [7, 11) is 0. The average Bonchev–Trinajstić information content (AvgIpc) is 2.89. The molecule has 3 rings (SSSR count). The number of ether oxygens (including phenoxy) is 1. The Hall–Kier alpha value is -1.98. The zero-order valence-corrected chi connectivity index (χ0v) is 13.4. The summed E-state index contributed by atoms with van der Waals surface area (Å²) in [6.07, 6.45) is 6.00. The molecule has 2 atom stereocenters. The zero-order valence-electron chi connectivity index (χ0n) is 13.4.